The van der Waals surface area contributed by atoms with E-state index in [9.17, 15) is 9.59 Å². The van der Waals surface area contributed by atoms with Crippen LogP contribution < -0.4 is 11.1 Å². The average Bonchev–Trinajstić information content (AvgIpc) is 2.75. The molecule has 0 aromatic heterocycles. The fourth-order valence-corrected chi connectivity index (χ4v) is 3.46. The third kappa shape index (κ3) is 4.24. The van der Waals surface area contributed by atoms with Crippen molar-refractivity contribution >= 4 is 28.3 Å². The summed E-state index contributed by atoms with van der Waals surface area (Å²) in [5, 5.41) is 4.96. The topological polar surface area (TPSA) is 81.4 Å². The zero-order valence-electron chi connectivity index (χ0n) is 16.9. The maximum absolute atomic E-state index is 13.2. The van der Waals surface area contributed by atoms with Gasteiger partial charge in [-0.2, -0.15) is 0 Å². The van der Waals surface area contributed by atoms with E-state index in [0.717, 1.165) is 28.3 Å². The summed E-state index contributed by atoms with van der Waals surface area (Å²) < 4.78 is 4.89. The van der Waals surface area contributed by atoms with Crippen molar-refractivity contribution in [1.29, 1.82) is 0 Å². The Morgan fingerprint density at radius 1 is 1.03 bits per heavy atom. The lowest BCUT2D eigenvalue weighted by Gasteiger charge is -2.22. The number of carbonyl (C=O) groups is 2. The first-order valence-electron chi connectivity index (χ1n) is 9.72. The highest BCUT2D eigenvalue weighted by Gasteiger charge is 2.28. The first-order valence-corrected chi connectivity index (χ1v) is 9.72. The third-order valence-corrected chi connectivity index (χ3v) is 5.32. The quantitative estimate of drug-likeness (QED) is 0.483. The van der Waals surface area contributed by atoms with Gasteiger partial charge in [-0.25, -0.2) is 4.79 Å². The predicted molar refractivity (Wildman–Crippen MR) is 117 cm³/mol. The molecule has 0 saturated heterocycles. The molecule has 0 aliphatic rings. The van der Waals surface area contributed by atoms with Crippen LogP contribution >= 0.6 is 0 Å². The van der Waals surface area contributed by atoms with E-state index >= 15 is 0 Å². The van der Waals surface area contributed by atoms with Gasteiger partial charge < -0.3 is 15.8 Å². The number of anilines is 1. The molecule has 1 unspecified atom stereocenters. The highest BCUT2D eigenvalue weighted by atomic mass is 16.5. The predicted octanol–water partition coefficient (Wildman–Crippen LogP) is 4.41. The molecular formula is C24H26N2O3. The van der Waals surface area contributed by atoms with Crippen LogP contribution in [-0.2, 0) is 9.53 Å². The smallest absolute Gasteiger partial charge is 0.328 e. The van der Waals surface area contributed by atoms with Gasteiger partial charge in [-0.3, -0.25) is 4.79 Å². The third-order valence-electron chi connectivity index (χ3n) is 5.32. The van der Waals surface area contributed by atoms with Crippen molar-refractivity contribution in [3.05, 3.63) is 66.2 Å². The number of ether oxygens (including phenoxy) is 1. The Morgan fingerprint density at radius 3 is 2.48 bits per heavy atom. The van der Waals surface area contributed by atoms with E-state index < -0.39 is 12.0 Å². The van der Waals surface area contributed by atoms with Gasteiger partial charge in [0.1, 0.15) is 6.04 Å². The summed E-state index contributed by atoms with van der Waals surface area (Å²) in [6, 6.07) is 18.4. The van der Waals surface area contributed by atoms with E-state index in [1.807, 2.05) is 56.3 Å². The molecule has 0 radical (unpaired) electrons. The molecule has 0 bridgehead atoms. The summed E-state index contributed by atoms with van der Waals surface area (Å²) >= 11 is 0. The second-order valence-electron chi connectivity index (χ2n) is 7.19. The van der Waals surface area contributed by atoms with E-state index in [1.165, 1.54) is 7.11 Å². The average molecular weight is 390 g/mol. The number of esters is 1. The van der Waals surface area contributed by atoms with Gasteiger partial charge in [0.05, 0.1) is 7.11 Å². The summed E-state index contributed by atoms with van der Waals surface area (Å²) in [7, 11) is 1.33. The minimum atomic E-state index is -0.713. The van der Waals surface area contributed by atoms with Crippen molar-refractivity contribution in [1.82, 2.24) is 5.32 Å². The van der Waals surface area contributed by atoms with Gasteiger partial charge in [0, 0.05) is 11.3 Å². The van der Waals surface area contributed by atoms with E-state index in [2.05, 4.69) is 5.32 Å². The molecule has 3 rings (SSSR count). The Bertz CT molecular complexity index is 1040. The van der Waals surface area contributed by atoms with Crippen molar-refractivity contribution in [3.8, 4) is 11.1 Å². The van der Waals surface area contributed by atoms with Crippen molar-refractivity contribution in [2.24, 2.45) is 5.92 Å². The number of carbonyl (C=O) groups excluding carboxylic acids is 2. The molecule has 0 saturated carbocycles. The van der Waals surface area contributed by atoms with Crippen molar-refractivity contribution in [3.63, 3.8) is 0 Å². The van der Waals surface area contributed by atoms with Crippen molar-refractivity contribution < 1.29 is 14.3 Å². The molecule has 150 valence electrons. The number of fused-ring (bicyclic) bond motifs is 1. The molecule has 0 aliphatic heterocycles. The molecule has 0 aliphatic carbocycles. The number of nitrogen functional groups attached to an aromatic ring is 1. The summed E-state index contributed by atoms with van der Waals surface area (Å²) in [5.74, 6) is -0.834. The number of benzene rings is 3. The van der Waals surface area contributed by atoms with Gasteiger partial charge in [0.2, 0.25) is 0 Å². The summed E-state index contributed by atoms with van der Waals surface area (Å²) in [6.07, 6.45) is 0.734. The van der Waals surface area contributed by atoms with E-state index in [0.29, 0.717) is 11.3 Å². The number of nitrogens with one attached hydrogen (secondary N) is 1. The minimum Gasteiger partial charge on any atom is -0.467 e. The molecule has 29 heavy (non-hydrogen) atoms. The fraction of sp³-hybridized carbons (Fsp3) is 0.250. The van der Waals surface area contributed by atoms with E-state index in [-0.39, 0.29) is 11.8 Å². The Labute approximate surface area is 170 Å². The van der Waals surface area contributed by atoms with Crippen LogP contribution in [0.3, 0.4) is 0 Å². The number of nitrogens with two attached hydrogens (primary N) is 1. The van der Waals surface area contributed by atoms with Crippen LogP contribution in [0.2, 0.25) is 0 Å². The van der Waals surface area contributed by atoms with Crippen LogP contribution in [0, 0.1) is 5.92 Å². The van der Waals surface area contributed by atoms with Gasteiger partial charge >= 0.3 is 5.97 Å². The standard InChI is InChI=1S/C24H26N2O3/c1-4-15(2)22(24(28)29-3)26-23(27)20-13-12-17(25)14-21(20)19-11-7-9-16-8-5-6-10-18(16)19/h5-15,22H,4,25H2,1-3H3,(H,26,27)/t15?,22-/m1/s1. The maximum atomic E-state index is 13.2. The molecule has 2 atom stereocenters. The zero-order chi connectivity index (χ0) is 21.0. The largest absolute Gasteiger partial charge is 0.467 e. The second-order valence-corrected chi connectivity index (χ2v) is 7.19. The second kappa shape index (κ2) is 8.78. The lowest BCUT2D eigenvalue weighted by molar-refractivity contribution is -0.144. The minimum absolute atomic E-state index is 0.0545. The molecule has 3 N–H and O–H groups in total. The molecule has 3 aromatic rings. The molecule has 0 heterocycles. The van der Waals surface area contributed by atoms with Gasteiger partial charge in [-0.1, -0.05) is 62.7 Å². The van der Waals surface area contributed by atoms with Gasteiger partial charge in [0.25, 0.3) is 5.91 Å². The van der Waals surface area contributed by atoms with E-state index in [1.54, 1.807) is 18.2 Å². The van der Waals surface area contributed by atoms with Crippen LogP contribution in [0.1, 0.15) is 30.6 Å². The Balaban J connectivity index is 2.07. The van der Waals surface area contributed by atoms with Crippen LogP contribution in [0.4, 0.5) is 5.69 Å². The van der Waals surface area contributed by atoms with Crippen LogP contribution in [0.25, 0.3) is 21.9 Å². The summed E-state index contributed by atoms with van der Waals surface area (Å²) in [6.45, 7) is 3.88. The normalized spacial score (nSPS) is 12.9. The molecule has 5 nitrogen and oxygen atoms in total. The molecule has 0 fully saturated rings. The van der Waals surface area contributed by atoms with Crippen LogP contribution in [0.15, 0.2) is 60.7 Å². The van der Waals surface area contributed by atoms with Crippen molar-refractivity contribution in [2.75, 3.05) is 12.8 Å². The Kier molecular flexibility index (Phi) is 6.17. The molecule has 5 heteroatoms. The number of methoxy groups -OCH3 is 1. The summed E-state index contributed by atoms with van der Waals surface area (Å²) in [4.78, 5) is 25.4. The first-order chi connectivity index (χ1) is 14.0. The number of hydrogen-bond donors (Lipinski definition) is 2. The van der Waals surface area contributed by atoms with Gasteiger partial charge in [0.15, 0.2) is 0 Å². The molecule has 3 aromatic carbocycles. The maximum Gasteiger partial charge on any atom is 0.328 e. The van der Waals surface area contributed by atoms with Crippen LogP contribution in [0.5, 0.6) is 0 Å². The fourth-order valence-electron chi connectivity index (χ4n) is 3.46. The Hall–Kier alpha value is -3.34. The lowest BCUT2D eigenvalue weighted by Crippen LogP contribution is -2.45. The van der Waals surface area contributed by atoms with E-state index in [4.69, 9.17) is 10.5 Å². The van der Waals surface area contributed by atoms with Gasteiger partial charge in [-0.15, -0.1) is 0 Å². The number of rotatable bonds is 6. The number of amides is 1. The molecule has 1 amide bonds. The van der Waals surface area contributed by atoms with Crippen molar-refractivity contribution in [2.45, 2.75) is 26.3 Å². The number of hydrogen-bond acceptors (Lipinski definition) is 4. The zero-order valence-corrected chi connectivity index (χ0v) is 16.9. The Morgan fingerprint density at radius 2 is 1.76 bits per heavy atom. The highest BCUT2D eigenvalue weighted by Crippen LogP contribution is 2.32. The lowest BCUT2D eigenvalue weighted by atomic mass is 9.93. The molecular weight excluding hydrogens is 364 g/mol. The van der Waals surface area contributed by atoms with Gasteiger partial charge in [-0.05, 0) is 46.0 Å². The highest BCUT2D eigenvalue weighted by molar-refractivity contribution is 6.07. The summed E-state index contributed by atoms with van der Waals surface area (Å²) in [5.41, 5.74) is 8.72. The monoisotopic (exact) mass is 390 g/mol. The first kappa shape index (κ1) is 20.4. The molecule has 0 spiro atoms. The SMILES string of the molecule is CCC(C)[C@@H](NC(=O)c1ccc(N)cc1-c1cccc2ccccc12)C(=O)OC. The van der Waals surface area contributed by atoms with Crippen LogP contribution in [-0.4, -0.2) is 25.0 Å².